The molecule has 6 heteroatoms. The number of hydrogen-bond acceptors (Lipinski definition) is 3. The highest BCUT2D eigenvalue weighted by molar-refractivity contribution is 6.33. The number of esters is 1. The summed E-state index contributed by atoms with van der Waals surface area (Å²) in [7, 11) is 1.32. The zero-order valence-corrected chi connectivity index (χ0v) is 13.0. The first-order valence-electron chi connectivity index (χ1n) is 6.76. The number of benzene rings is 1. The van der Waals surface area contributed by atoms with Crippen LogP contribution in [0.1, 0.15) is 34.5 Å². The highest BCUT2D eigenvalue weighted by Gasteiger charge is 2.21. The molecule has 1 aromatic carbocycles. The van der Waals surface area contributed by atoms with Crippen LogP contribution in [0.25, 0.3) is 5.69 Å². The quantitative estimate of drug-likeness (QED) is 0.788. The van der Waals surface area contributed by atoms with Crippen molar-refractivity contribution in [2.24, 2.45) is 0 Å². The molecule has 0 atom stereocenters. The first kappa shape index (κ1) is 14.4. The van der Waals surface area contributed by atoms with Crippen LogP contribution in [0.5, 0.6) is 0 Å². The van der Waals surface area contributed by atoms with E-state index in [2.05, 4.69) is 5.10 Å². The monoisotopic (exact) mass is 324 g/mol. The van der Waals surface area contributed by atoms with Crippen molar-refractivity contribution in [1.29, 1.82) is 0 Å². The summed E-state index contributed by atoms with van der Waals surface area (Å²) in [5, 5.41) is 5.53. The van der Waals surface area contributed by atoms with E-state index < -0.39 is 5.97 Å². The Labute approximate surface area is 132 Å². The summed E-state index contributed by atoms with van der Waals surface area (Å²) in [5.41, 5.74) is 3.17. The molecule has 0 aliphatic heterocycles. The Bertz CT molecular complexity index is 710. The van der Waals surface area contributed by atoms with Gasteiger partial charge in [-0.05, 0) is 43.9 Å². The van der Waals surface area contributed by atoms with E-state index in [-0.39, 0.29) is 0 Å². The first-order valence-corrected chi connectivity index (χ1v) is 7.52. The fourth-order valence-electron chi connectivity index (χ4n) is 2.60. The summed E-state index contributed by atoms with van der Waals surface area (Å²) in [6.07, 6.45) is 4.16. The van der Waals surface area contributed by atoms with Gasteiger partial charge in [0.25, 0.3) is 0 Å². The van der Waals surface area contributed by atoms with Gasteiger partial charge in [-0.1, -0.05) is 23.2 Å². The standard InChI is InChI=1S/C15H14Cl2N2O2/c1-21-15(20)11-8-9(6-7-12(11)16)19-14(17)10-4-2-3-5-13(10)18-19/h6-8H,2-5H2,1H3. The van der Waals surface area contributed by atoms with Gasteiger partial charge >= 0.3 is 5.97 Å². The molecule has 1 aromatic heterocycles. The van der Waals surface area contributed by atoms with Gasteiger partial charge in [0.15, 0.2) is 0 Å². The maximum absolute atomic E-state index is 11.7. The number of rotatable bonds is 2. The molecular weight excluding hydrogens is 311 g/mol. The maximum Gasteiger partial charge on any atom is 0.339 e. The molecule has 0 radical (unpaired) electrons. The average Bonchev–Trinajstić information content (AvgIpc) is 2.85. The second-order valence-electron chi connectivity index (χ2n) is 4.99. The van der Waals surface area contributed by atoms with Crippen molar-refractivity contribution >= 4 is 29.2 Å². The number of aryl methyl sites for hydroxylation is 1. The van der Waals surface area contributed by atoms with Gasteiger partial charge in [-0.15, -0.1) is 0 Å². The topological polar surface area (TPSA) is 44.1 Å². The van der Waals surface area contributed by atoms with Crippen LogP contribution in [0.3, 0.4) is 0 Å². The van der Waals surface area contributed by atoms with E-state index in [4.69, 9.17) is 27.9 Å². The number of carbonyl (C=O) groups excluding carboxylic acids is 1. The Morgan fingerprint density at radius 3 is 2.76 bits per heavy atom. The van der Waals surface area contributed by atoms with Crippen molar-refractivity contribution in [3.05, 3.63) is 45.2 Å². The molecule has 2 aromatic rings. The van der Waals surface area contributed by atoms with Crippen LogP contribution < -0.4 is 0 Å². The Hall–Kier alpha value is -1.52. The number of aromatic nitrogens is 2. The fourth-order valence-corrected chi connectivity index (χ4v) is 3.13. The SMILES string of the molecule is COC(=O)c1cc(-n2nc3c(c2Cl)CCCC3)ccc1Cl. The summed E-state index contributed by atoms with van der Waals surface area (Å²) in [4.78, 5) is 11.7. The molecule has 0 amide bonds. The highest BCUT2D eigenvalue weighted by atomic mass is 35.5. The zero-order chi connectivity index (χ0) is 15.0. The van der Waals surface area contributed by atoms with E-state index >= 15 is 0 Å². The van der Waals surface area contributed by atoms with Gasteiger partial charge in [-0.25, -0.2) is 9.48 Å². The number of carbonyl (C=O) groups is 1. The molecular formula is C15H14Cl2N2O2. The van der Waals surface area contributed by atoms with Gasteiger partial charge in [0, 0.05) is 5.56 Å². The molecule has 21 heavy (non-hydrogen) atoms. The Morgan fingerprint density at radius 2 is 2.05 bits per heavy atom. The second-order valence-corrected chi connectivity index (χ2v) is 5.76. The van der Waals surface area contributed by atoms with Gasteiger partial charge in [0.1, 0.15) is 5.15 Å². The smallest absolute Gasteiger partial charge is 0.339 e. The van der Waals surface area contributed by atoms with Crippen LogP contribution in [-0.4, -0.2) is 22.9 Å². The Kier molecular flexibility index (Phi) is 3.91. The second kappa shape index (κ2) is 5.70. The zero-order valence-electron chi connectivity index (χ0n) is 11.5. The first-order chi connectivity index (χ1) is 10.1. The van der Waals surface area contributed by atoms with Crippen molar-refractivity contribution in [2.45, 2.75) is 25.7 Å². The normalized spacial score (nSPS) is 13.9. The molecule has 0 bridgehead atoms. The minimum atomic E-state index is -0.477. The number of halogens is 2. The molecule has 1 aliphatic rings. The molecule has 1 heterocycles. The van der Waals surface area contributed by atoms with Gasteiger partial charge < -0.3 is 4.74 Å². The maximum atomic E-state index is 11.7. The van der Waals surface area contributed by atoms with Gasteiger partial charge in [-0.2, -0.15) is 5.10 Å². The fraction of sp³-hybridized carbons (Fsp3) is 0.333. The van der Waals surface area contributed by atoms with Gasteiger partial charge in [0.2, 0.25) is 0 Å². The number of methoxy groups -OCH3 is 1. The van der Waals surface area contributed by atoms with Crippen molar-refractivity contribution in [2.75, 3.05) is 7.11 Å². The summed E-state index contributed by atoms with van der Waals surface area (Å²) < 4.78 is 6.40. The van der Waals surface area contributed by atoms with E-state index in [1.54, 1.807) is 22.9 Å². The summed E-state index contributed by atoms with van der Waals surface area (Å²) in [6.45, 7) is 0. The summed E-state index contributed by atoms with van der Waals surface area (Å²) >= 11 is 12.5. The third-order valence-electron chi connectivity index (χ3n) is 3.69. The molecule has 0 fully saturated rings. The highest BCUT2D eigenvalue weighted by Crippen LogP contribution is 2.30. The molecule has 4 nitrogen and oxygen atoms in total. The number of fused-ring (bicyclic) bond motifs is 1. The Morgan fingerprint density at radius 1 is 1.29 bits per heavy atom. The summed E-state index contributed by atoms with van der Waals surface area (Å²) in [6, 6.07) is 5.09. The van der Waals surface area contributed by atoms with Crippen LogP contribution in [0.15, 0.2) is 18.2 Å². The van der Waals surface area contributed by atoms with E-state index in [0.29, 0.717) is 21.4 Å². The van der Waals surface area contributed by atoms with Crippen molar-refractivity contribution in [3.63, 3.8) is 0 Å². The van der Waals surface area contributed by atoms with Gasteiger partial charge in [0.05, 0.1) is 29.1 Å². The minimum Gasteiger partial charge on any atom is -0.465 e. The Balaban J connectivity index is 2.09. The lowest BCUT2D eigenvalue weighted by Crippen LogP contribution is -2.05. The molecule has 0 saturated carbocycles. The van der Waals surface area contributed by atoms with Crippen molar-refractivity contribution < 1.29 is 9.53 Å². The van der Waals surface area contributed by atoms with Crippen LogP contribution in [-0.2, 0) is 17.6 Å². The number of ether oxygens (including phenoxy) is 1. The lowest BCUT2D eigenvalue weighted by atomic mass is 9.99. The van der Waals surface area contributed by atoms with Crippen LogP contribution in [0.4, 0.5) is 0 Å². The largest absolute Gasteiger partial charge is 0.465 e. The van der Waals surface area contributed by atoms with Crippen molar-refractivity contribution in [3.8, 4) is 5.69 Å². The molecule has 0 spiro atoms. The number of nitrogens with zero attached hydrogens (tertiary/aromatic N) is 2. The van der Waals surface area contributed by atoms with E-state index in [1.165, 1.54) is 7.11 Å². The predicted molar refractivity (Wildman–Crippen MR) is 81.6 cm³/mol. The molecule has 0 unspecified atom stereocenters. The van der Waals surface area contributed by atoms with E-state index in [0.717, 1.165) is 36.9 Å². The molecule has 0 N–H and O–H groups in total. The van der Waals surface area contributed by atoms with Crippen LogP contribution in [0.2, 0.25) is 10.2 Å². The molecule has 1 aliphatic carbocycles. The lowest BCUT2D eigenvalue weighted by Gasteiger charge is -2.08. The van der Waals surface area contributed by atoms with Gasteiger partial charge in [-0.3, -0.25) is 0 Å². The lowest BCUT2D eigenvalue weighted by molar-refractivity contribution is 0.0601. The number of hydrogen-bond donors (Lipinski definition) is 0. The molecule has 0 saturated heterocycles. The third kappa shape index (κ3) is 2.54. The van der Waals surface area contributed by atoms with Crippen LogP contribution >= 0.6 is 23.2 Å². The third-order valence-corrected chi connectivity index (χ3v) is 4.41. The van der Waals surface area contributed by atoms with Crippen LogP contribution in [0, 0.1) is 0 Å². The predicted octanol–water partition coefficient (Wildman–Crippen LogP) is 3.84. The van der Waals surface area contributed by atoms with Crippen molar-refractivity contribution in [1.82, 2.24) is 9.78 Å². The minimum absolute atomic E-state index is 0.307. The molecule has 3 rings (SSSR count). The van der Waals surface area contributed by atoms with E-state index in [9.17, 15) is 4.79 Å². The van der Waals surface area contributed by atoms with E-state index in [1.807, 2.05) is 0 Å². The summed E-state index contributed by atoms with van der Waals surface area (Å²) in [5.74, 6) is -0.477. The average molecular weight is 325 g/mol. The molecule has 110 valence electrons.